The fourth-order valence-corrected chi connectivity index (χ4v) is 1.51. The van der Waals surface area contributed by atoms with E-state index in [-0.39, 0.29) is 5.78 Å². The molecule has 1 nitrogen and oxygen atoms in total. The van der Waals surface area contributed by atoms with Gasteiger partial charge in [0.05, 0.1) is 0 Å². The van der Waals surface area contributed by atoms with E-state index in [4.69, 9.17) is 0 Å². The average Bonchev–Trinajstić information content (AvgIpc) is 2.09. The van der Waals surface area contributed by atoms with Crippen LogP contribution in [0.1, 0.15) is 26.2 Å². The first-order valence-corrected chi connectivity index (χ1v) is 4.31. The summed E-state index contributed by atoms with van der Waals surface area (Å²) in [6, 6.07) is 0. The maximum atomic E-state index is 11.4. The van der Waals surface area contributed by atoms with Crippen LogP contribution in [-0.2, 0) is 4.79 Å². The summed E-state index contributed by atoms with van der Waals surface area (Å²) in [6.07, 6.45) is 8.23. The Morgan fingerprint density at radius 1 is 1.42 bits per heavy atom. The second kappa shape index (κ2) is 4.05. The van der Waals surface area contributed by atoms with Crippen LogP contribution in [0.3, 0.4) is 0 Å². The molecule has 0 aliphatic heterocycles. The minimum Gasteiger partial charge on any atom is -0.294 e. The van der Waals surface area contributed by atoms with E-state index in [0.717, 1.165) is 18.4 Å². The molecular formula is C11H14O. The van der Waals surface area contributed by atoms with Crippen LogP contribution in [0.2, 0.25) is 0 Å². The van der Waals surface area contributed by atoms with Crippen LogP contribution in [0.25, 0.3) is 0 Å². The van der Waals surface area contributed by atoms with Crippen molar-refractivity contribution in [3.05, 3.63) is 36.0 Å². The number of carbonyl (C=O) groups excluding carboxylic acids is 1. The van der Waals surface area contributed by atoms with E-state index in [1.807, 2.05) is 19.1 Å². The van der Waals surface area contributed by atoms with Gasteiger partial charge in [0, 0.05) is 12.0 Å². The molecule has 0 radical (unpaired) electrons. The molecule has 64 valence electrons. The van der Waals surface area contributed by atoms with Gasteiger partial charge in [-0.3, -0.25) is 4.79 Å². The van der Waals surface area contributed by atoms with Crippen LogP contribution >= 0.6 is 0 Å². The van der Waals surface area contributed by atoms with Crippen molar-refractivity contribution < 1.29 is 4.79 Å². The van der Waals surface area contributed by atoms with E-state index in [0.29, 0.717) is 6.42 Å². The lowest BCUT2D eigenvalue weighted by atomic mass is 9.88. The topological polar surface area (TPSA) is 17.1 Å². The molecule has 0 amide bonds. The molecule has 1 saturated carbocycles. The molecule has 0 unspecified atom stereocenters. The highest BCUT2D eigenvalue weighted by molar-refractivity contribution is 6.00. The van der Waals surface area contributed by atoms with E-state index in [1.54, 1.807) is 6.08 Å². The fraction of sp³-hybridized carbons (Fsp3) is 0.364. The lowest BCUT2D eigenvalue weighted by molar-refractivity contribution is -0.115. The van der Waals surface area contributed by atoms with E-state index >= 15 is 0 Å². The molecule has 12 heavy (non-hydrogen) atoms. The third-order valence-corrected chi connectivity index (χ3v) is 2.13. The number of Topliss-reactive ketones (excluding diaryl/α,β-unsaturated/α-hetero) is 1. The Balaban J connectivity index is 2.95. The van der Waals surface area contributed by atoms with Crippen LogP contribution in [-0.4, -0.2) is 5.78 Å². The molecule has 1 aliphatic rings. The van der Waals surface area contributed by atoms with Crippen LogP contribution in [0.15, 0.2) is 36.0 Å². The SMILES string of the molecule is C=C/C=C1/C(=O)CCC/C1=C/C. The average molecular weight is 162 g/mol. The van der Waals surface area contributed by atoms with Crippen molar-refractivity contribution in [2.45, 2.75) is 26.2 Å². The van der Waals surface area contributed by atoms with Crippen molar-refractivity contribution >= 4 is 5.78 Å². The standard InChI is InChI=1S/C11H14O/c1-3-6-10-9(4-2)7-5-8-11(10)12/h3-4,6H,1,5,7-8H2,2H3/b9-4-,10-6+. The first-order chi connectivity index (χ1) is 5.79. The van der Waals surface area contributed by atoms with Gasteiger partial charge >= 0.3 is 0 Å². The quantitative estimate of drug-likeness (QED) is 0.542. The predicted octanol–water partition coefficient (Wildman–Crippen LogP) is 2.80. The van der Waals surface area contributed by atoms with Crippen LogP contribution in [0.4, 0.5) is 0 Å². The Hall–Kier alpha value is -1.11. The lowest BCUT2D eigenvalue weighted by Crippen LogP contribution is -2.10. The summed E-state index contributed by atoms with van der Waals surface area (Å²) < 4.78 is 0. The zero-order chi connectivity index (χ0) is 8.97. The molecular weight excluding hydrogens is 148 g/mol. The first kappa shape index (κ1) is 8.98. The first-order valence-electron chi connectivity index (χ1n) is 4.31. The van der Waals surface area contributed by atoms with Crippen molar-refractivity contribution in [2.24, 2.45) is 0 Å². The normalized spacial score (nSPS) is 24.9. The van der Waals surface area contributed by atoms with Crippen molar-refractivity contribution in [3.8, 4) is 0 Å². The molecule has 0 N–H and O–H groups in total. The Bertz CT molecular complexity index is 256. The summed E-state index contributed by atoms with van der Waals surface area (Å²) >= 11 is 0. The van der Waals surface area contributed by atoms with Crippen molar-refractivity contribution in [2.75, 3.05) is 0 Å². The maximum absolute atomic E-state index is 11.4. The summed E-state index contributed by atoms with van der Waals surface area (Å²) in [5.74, 6) is 0.259. The minimum absolute atomic E-state index is 0.259. The van der Waals surface area contributed by atoms with Gasteiger partial charge in [-0.25, -0.2) is 0 Å². The molecule has 1 heteroatoms. The van der Waals surface area contributed by atoms with E-state index in [9.17, 15) is 4.79 Å². The van der Waals surface area contributed by atoms with Gasteiger partial charge in [0.2, 0.25) is 0 Å². The molecule has 0 aromatic rings. The van der Waals surface area contributed by atoms with Gasteiger partial charge in [0.15, 0.2) is 5.78 Å². The summed E-state index contributed by atoms with van der Waals surface area (Å²) in [4.78, 5) is 11.4. The van der Waals surface area contributed by atoms with Crippen molar-refractivity contribution in [1.82, 2.24) is 0 Å². The van der Waals surface area contributed by atoms with Gasteiger partial charge < -0.3 is 0 Å². The fourth-order valence-electron chi connectivity index (χ4n) is 1.51. The summed E-state index contributed by atoms with van der Waals surface area (Å²) in [5, 5.41) is 0. The Morgan fingerprint density at radius 3 is 2.75 bits per heavy atom. The maximum Gasteiger partial charge on any atom is 0.163 e. The molecule has 0 bridgehead atoms. The van der Waals surface area contributed by atoms with Gasteiger partial charge in [0.1, 0.15) is 0 Å². The Kier molecular flexibility index (Phi) is 3.03. The van der Waals surface area contributed by atoms with Crippen molar-refractivity contribution in [3.63, 3.8) is 0 Å². The Morgan fingerprint density at radius 2 is 2.17 bits per heavy atom. The number of carbonyl (C=O) groups is 1. The van der Waals surface area contributed by atoms with E-state index in [1.165, 1.54) is 5.57 Å². The van der Waals surface area contributed by atoms with E-state index < -0.39 is 0 Å². The minimum atomic E-state index is 0.259. The largest absolute Gasteiger partial charge is 0.294 e. The number of ketones is 1. The summed E-state index contributed by atoms with van der Waals surface area (Å²) in [6.45, 7) is 5.58. The molecule has 0 saturated heterocycles. The second-order valence-corrected chi connectivity index (χ2v) is 2.91. The summed E-state index contributed by atoms with van der Waals surface area (Å²) in [5.41, 5.74) is 2.03. The number of rotatable bonds is 1. The highest BCUT2D eigenvalue weighted by Gasteiger charge is 2.17. The molecule has 0 aromatic carbocycles. The molecule has 0 aromatic heterocycles. The smallest absolute Gasteiger partial charge is 0.163 e. The molecule has 1 aliphatic carbocycles. The van der Waals surface area contributed by atoms with Gasteiger partial charge in [-0.05, 0) is 25.3 Å². The second-order valence-electron chi connectivity index (χ2n) is 2.91. The van der Waals surface area contributed by atoms with Gasteiger partial charge in [-0.15, -0.1) is 0 Å². The number of allylic oxidation sites excluding steroid dienone is 5. The molecule has 1 fully saturated rings. The molecule has 0 spiro atoms. The zero-order valence-corrected chi connectivity index (χ0v) is 7.47. The lowest BCUT2D eigenvalue weighted by Gasteiger charge is -2.15. The molecule has 1 rings (SSSR count). The predicted molar refractivity (Wildman–Crippen MR) is 50.9 cm³/mol. The van der Waals surface area contributed by atoms with Gasteiger partial charge in [-0.1, -0.05) is 24.8 Å². The van der Waals surface area contributed by atoms with Crippen LogP contribution in [0.5, 0.6) is 0 Å². The zero-order valence-electron chi connectivity index (χ0n) is 7.47. The van der Waals surface area contributed by atoms with Gasteiger partial charge in [-0.2, -0.15) is 0 Å². The molecule has 0 atom stereocenters. The summed E-state index contributed by atoms with van der Waals surface area (Å²) in [7, 11) is 0. The highest BCUT2D eigenvalue weighted by atomic mass is 16.1. The Labute approximate surface area is 73.5 Å². The third-order valence-electron chi connectivity index (χ3n) is 2.13. The van der Waals surface area contributed by atoms with Gasteiger partial charge in [0.25, 0.3) is 0 Å². The highest BCUT2D eigenvalue weighted by Crippen LogP contribution is 2.25. The molecule has 0 heterocycles. The van der Waals surface area contributed by atoms with Crippen LogP contribution < -0.4 is 0 Å². The van der Waals surface area contributed by atoms with Crippen molar-refractivity contribution in [1.29, 1.82) is 0 Å². The third kappa shape index (κ3) is 1.73. The number of hydrogen-bond donors (Lipinski definition) is 0. The number of hydrogen-bond acceptors (Lipinski definition) is 1. The monoisotopic (exact) mass is 162 g/mol. The van der Waals surface area contributed by atoms with E-state index in [2.05, 4.69) is 6.58 Å². The van der Waals surface area contributed by atoms with Crippen LogP contribution in [0, 0.1) is 0 Å².